The zero-order valence-corrected chi connectivity index (χ0v) is 11.2. The molecule has 1 aliphatic heterocycles. The first-order chi connectivity index (χ1) is 6.35. The second-order valence-electron chi connectivity index (χ2n) is 4.68. The van der Waals surface area contributed by atoms with E-state index in [4.69, 9.17) is 0 Å². The smallest absolute Gasteiger partial charge is 0.249 e. The Labute approximate surface area is 99.5 Å². The Hall–Kier alpha value is -0.540. The molecular weight excluding hydrogens is 212 g/mol. The van der Waals surface area contributed by atoms with E-state index in [1.807, 2.05) is 6.92 Å². The molecule has 1 N–H and O–H groups in total. The van der Waals surface area contributed by atoms with Crippen LogP contribution >= 0.6 is 0 Å². The molecule has 1 aliphatic rings. The predicted molar refractivity (Wildman–Crippen MR) is 59.7 cm³/mol. The fourth-order valence-corrected chi connectivity index (χ4v) is 1.02. The topological polar surface area (TPSA) is 29.1 Å². The van der Waals surface area contributed by atoms with Gasteiger partial charge < -0.3 is 22.2 Å². The summed E-state index contributed by atoms with van der Waals surface area (Å²) < 4.78 is 1.10. The second kappa shape index (κ2) is 7.71. The van der Waals surface area contributed by atoms with Gasteiger partial charge in [0.25, 0.3) is 0 Å². The Morgan fingerprint density at radius 2 is 1.80 bits per heavy atom. The van der Waals surface area contributed by atoms with Crippen LogP contribution in [-0.4, -0.2) is 38.1 Å². The number of hydrogen-bond acceptors (Lipinski definition) is 1. The van der Waals surface area contributed by atoms with Gasteiger partial charge in [-0.05, 0) is 13.3 Å². The van der Waals surface area contributed by atoms with E-state index in [1.54, 1.807) is 6.08 Å². The van der Waals surface area contributed by atoms with Crippen molar-refractivity contribution in [1.82, 2.24) is 5.32 Å². The summed E-state index contributed by atoms with van der Waals surface area (Å²) in [4.78, 5) is 9.92. The number of carbonyl (C=O) groups excluding carboxylic acids is 1. The van der Waals surface area contributed by atoms with Crippen molar-refractivity contribution in [3.63, 3.8) is 0 Å². The predicted octanol–water partition coefficient (Wildman–Crippen LogP) is -1.48. The van der Waals surface area contributed by atoms with Crippen LogP contribution in [0.15, 0.2) is 11.8 Å². The minimum absolute atomic E-state index is 0. The number of allylic oxidation sites excluding steroid dienone is 1. The molecule has 4 heteroatoms. The molecule has 0 aromatic rings. The monoisotopic (exact) mass is 234 g/mol. The van der Waals surface area contributed by atoms with Gasteiger partial charge in [-0.1, -0.05) is 13.3 Å². The number of unbranched alkanes of at least 4 members (excludes halogenated alkanes) is 1. The third-order valence-corrected chi connectivity index (χ3v) is 1.85. The first kappa shape index (κ1) is 16.9. The number of hydrogen-bond donors (Lipinski definition) is 1. The molecule has 3 nitrogen and oxygen atoms in total. The fourth-order valence-electron chi connectivity index (χ4n) is 1.02. The van der Waals surface area contributed by atoms with Crippen molar-refractivity contribution in [3.05, 3.63) is 11.8 Å². The zero-order valence-electron chi connectivity index (χ0n) is 10.4. The van der Waals surface area contributed by atoms with Crippen LogP contribution < -0.4 is 17.7 Å². The number of quaternary nitrogens is 1. The minimum Gasteiger partial charge on any atom is -1.00 e. The molecule has 0 bridgehead atoms. The van der Waals surface area contributed by atoms with Gasteiger partial charge in [0.1, 0.15) is 0 Å². The van der Waals surface area contributed by atoms with Gasteiger partial charge in [-0.25, -0.2) is 0 Å². The van der Waals surface area contributed by atoms with Gasteiger partial charge >= 0.3 is 0 Å². The van der Waals surface area contributed by atoms with Crippen LogP contribution in [0.2, 0.25) is 0 Å². The number of carbonyl (C=O) groups is 1. The van der Waals surface area contributed by atoms with Crippen LogP contribution in [0.5, 0.6) is 0 Å². The Kier molecular flexibility index (Phi) is 8.68. The Morgan fingerprint density at radius 1 is 1.33 bits per heavy atom. The van der Waals surface area contributed by atoms with Gasteiger partial charge in [-0.15, -0.1) is 0 Å². The Bertz CT molecular complexity index is 219. The summed E-state index contributed by atoms with van der Waals surface area (Å²) in [6, 6.07) is 0. The molecule has 0 atom stereocenters. The van der Waals surface area contributed by atoms with Gasteiger partial charge in [0.05, 0.1) is 27.7 Å². The molecule has 1 heterocycles. The molecule has 0 fully saturated rings. The van der Waals surface area contributed by atoms with Gasteiger partial charge in [0.2, 0.25) is 5.91 Å². The minimum atomic E-state index is 0. The highest BCUT2D eigenvalue weighted by molar-refractivity contribution is 5.95. The molecule has 0 aliphatic carbocycles. The number of nitrogens with zero attached hydrogens (tertiary/aromatic N) is 1. The quantitative estimate of drug-likeness (QED) is 0.593. The summed E-state index contributed by atoms with van der Waals surface area (Å²) in [6.45, 7) is 5.38. The van der Waals surface area contributed by atoms with Crippen LogP contribution in [0.25, 0.3) is 0 Å². The molecule has 1 rings (SSSR count). The molecule has 0 saturated carbocycles. The lowest BCUT2D eigenvalue weighted by Crippen LogP contribution is -3.00. The highest BCUT2D eigenvalue weighted by Crippen LogP contribution is 1.95. The van der Waals surface area contributed by atoms with Gasteiger partial charge in [-0.2, -0.15) is 0 Å². The average molecular weight is 235 g/mol. The van der Waals surface area contributed by atoms with Crippen LogP contribution in [0.4, 0.5) is 0 Å². The SMILES string of the molecule is CC1=CC(=O)N1.CCCC[N+](C)(C)C.[Cl-]. The largest absolute Gasteiger partial charge is 1.00 e. The first-order valence-corrected chi connectivity index (χ1v) is 5.15. The summed E-state index contributed by atoms with van der Waals surface area (Å²) in [5.41, 5.74) is 0.958. The Balaban J connectivity index is 0. The van der Waals surface area contributed by atoms with E-state index in [1.165, 1.54) is 19.4 Å². The maximum Gasteiger partial charge on any atom is 0.249 e. The van der Waals surface area contributed by atoms with E-state index >= 15 is 0 Å². The maximum absolute atomic E-state index is 9.92. The highest BCUT2D eigenvalue weighted by Gasteiger charge is 2.05. The normalized spacial score (nSPS) is 13.7. The van der Waals surface area contributed by atoms with Crippen LogP contribution in [0, 0.1) is 0 Å². The van der Waals surface area contributed by atoms with Gasteiger partial charge in [0.15, 0.2) is 0 Å². The van der Waals surface area contributed by atoms with E-state index in [2.05, 4.69) is 33.4 Å². The second-order valence-corrected chi connectivity index (χ2v) is 4.68. The molecule has 0 aromatic heterocycles. The molecule has 15 heavy (non-hydrogen) atoms. The van der Waals surface area contributed by atoms with Crippen LogP contribution in [-0.2, 0) is 4.79 Å². The third kappa shape index (κ3) is 11.4. The van der Waals surface area contributed by atoms with Crippen LogP contribution in [0.1, 0.15) is 26.7 Å². The van der Waals surface area contributed by atoms with Crippen molar-refractivity contribution in [2.45, 2.75) is 26.7 Å². The number of rotatable bonds is 3. The molecular formula is C11H23ClN2O. The van der Waals surface area contributed by atoms with E-state index in [0.29, 0.717) is 0 Å². The van der Waals surface area contributed by atoms with Crippen molar-refractivity contribution < 1.29 is 21.7 Å². The lowest BCUT2D eigenvalue weighted by Gasteiger charge is -2.23. The standard InChI is InChI=1S/C7H18N.C4H5NO.ClH/c1-5-6-7-8(2,3)4;1-3-2-4(6)5-3;/h5-7H2,1-4H3;2H,1H3,(H,5,6);1H/q+1;;/p-1. The molecule has 0 spiro atoms. The van der Waals surface area contributed by atoms with E-state index in [-0.39, 0.29) is 18.3 Å². The summed E-state index contributed by atoms with van der Waals surface area (Å²) in [7, 11) is 6.70. The molecule has 0 saturated heterocycles. The third-order valence-electron chi connectivity index (χ3n) is 1.85. The van der Waals surface area contributed by atoms with Crippen molar-refractivity contribution in [1.29, 1.82) is 0 Å². The van der Waals surface area contributed by atoms with Gasteiger partial charge in [0, 0.05) is 11.8 Å². The maximum atomic E-state index is 9.92. The molecule has 1 amide bonds. The van der Waals surface area contributed by atoms with Crippen LogP contribution in [0.3, 0.4) is 0 Å². The van der Waals surface area contributed by atoms with Crippen molar-refractivity contribution >= 4 is 5.91 Å². The van der Waals surface area contributed by atoms with Crippen molar-refractivity contribution in [2.24, 2.45) is 0 Å². The van der Waals surface area contributed by atoms with Crippen molar-refractivity contribution in [3.8, 4) is 0 Å². The first-order valence-electron chi connectivity index (χ1n) is 5.15. The average Bonchev–Trinajstić information content (AvgIpc) is 1.99. The fraction of sp³-hybridized carbons (Fsp3) is 0.727. The molecule has 90 valence electrons. The number of halogens is 1. The lowest BCUT2D eigenvalue weighted by atomic mass is 10.3. The molecule has 0 radical (unpaired) electrons. The molecule has 0 unspecified atom stereocenters. The number of amides is 1. The summed E-state index contributed by atoms with van der Waals surface area (Å²) in [5.74, 6) is 0.0208. The summed E-state index contributed by atoms with van der Waals surface area (Å²) in [5, 5.41) is 2.53. The molecule has 0 aromatic carbocycles. The van der Waals surface area contributed by atoms with E-state index in [9.17, 15) is 4.79 Å². The summed E-state index contributed by atoms with van der Waals surface area (Å²) in [6.07, 6.45) is 4.22. The highest BCUT2D eigenvalue weighted by atomic mass is 35.5. The van der Waals surface area contributed by atoms with Crippen molar-refractivity contribution in [2.75, 3.05) is 27.7 Å². The zero-order chi connectivity index (χ0) is 11.2. The summed E-state index contributed by atoms with van der Waals surface area (Å²) >= 11 is 0. The van der Waals surface area contributed by atoms with E-state index < -0.39 is 0 Å². The lowest BCUT2D eigenvalue weighted by molar-refractivity contribution is -0.870. The van der Waals surface area contributed by atoms with Gasteiger partial charge in [-0.3, -0.25) is 4.79 Å². The number of nitrogens with one attached hydrogen (secondary N) is 1. The van der Waals surface area contributed by atoms with E-state index in [0.717, 1.165) is 10.2 Å². The Morgan fingerprint density at radius 3 is 1.87 bits per heavy atom.